The molecule has 0 saturated heterocycles. The van der Waals surface area contributed by atoms with E-state index in [9.17, 15) is 18.0 Å². The van der Waals surface area contributed by atoms with Gasteiger partial charge in [-0.2, -0.15) is 13.2 Å². The van der Waals surface area contributed by atoms with Gasteiger partial charge in [-0.1, -0.05) is 0 Å². The minimum atomic E-state index is -4.43. The highest BCUT2D eigenvalue weighted by Crippen LogP contribution is 2.32. The average molecular weight is 268 g/mol. The number of carbonyl (C=O) groups excluding carboxylic acids is 1. The number of hydrogen-bond donors (Lipinski definition) is 1. The number of nitrogens with two attached hydrogens (primary N) is 1. The maximum absolute atomic E-state index is 12.7. The summed E-state index contributed by atoms with van der Waals surface area (Å²) < 4.78 is 38.0. The lowest BCUT2D eigenvalue weighted by Crippen LogP contribution is -2.14. The molecule has 0 radical (unpaired) electrons. The van der Waals surface area contributed by atoms with Gasteiger partial charge in [-0.25, -0.2) is 0 Å². The maximum Gasteiger partial charge on any atom is 0.416 e. The Morgan fingerprint density at radius 3 is 2.58 bits per heavy atom. The van der Waals surface area contributed by atoms with Crippen molar-refractivity contribution in [2.75, 3.05) is 0 Å². The molecule has 0 aliphatic carbocycles. The summed E-state index contributed by atoms with van der Waals surface area (Å²) in [7, 11) is 0. The van der Waals surface area contributed by atoms with Gasteiger partial charge in [0.1, 0.15) is 0 Å². The van der Waals surface area contributed by atoms with E-state index >= 15 is 0 Å². The van der Waals surface area contributed by atoms with Crippen LogP contribution in [-0.4, -0.2) is 10.9 Å². The second kappa shape index (κ2) is 4.53. The van der Waals surface area contributed by atoms with Gasteiger partial charge < -0.3 is 5.73 Å². The van der Waals surface area contributed by atoms with Gasteiger partial charge in [0.25, 0.3) is 0 Å². The Morgan fingerprint density at radius 1 is 1.32 bits per heavy atom. The topological polar surface area (TPSA) is 56.0 Å². The first kappa shape index (κ1) is 13.3. The van der Waals surface area contributed by atoms with Gasteiger partial charge >= 0.3 is 6.18 Å². The Balaban J connectivity index is 2.68. The van der Waals surface area contributed by atoms with Crippen LogP contribution in [0.1, 0.15) is 16.8 Å². The fraction of sp³-hybridized carbons (Fsp3) is 0.231. The van der Waals surface area contributed by atoms with Crippen molar-refractivity contribution in [1.82, 2.24) is 4.98 Å². The third-order valence-electron chi connectivity index (χ3n) is 2.71. The van der Waals surface area contributed by atoms with Crippen LogP contribution in [0.15, 0.2) is 24.3 Å². The van der Waals surface area contributed by atoms with Crippen LogP contribution in [0.3, 0.4) is 0 Å². The van der Waals surface area contributed by atoms with Crippen LogP contribution in [0.2, 0.25) is 0 Å². The molecule has 0 aliphatic rings. The van der Waals surface area contributed by atoms with E-state index < -0.39 is 17.6 Å². The molecule has 0 aliphatic heterocycles. The molecule has 1 aromatic heterocycles. The number of primary amides is 1. The quantitative estimate of drug-likeness (QED) is 0.910. The molecule has 0 atom stereocenters. The number of alkyl halides is 3. The Morgan fingerprint density at radius 2 is 2.00 bits per heavy atom. The zero-order chi connectivity index (χ0) is 14.2. The predicted octanol–water partition coefficient (Wildman–Crippen LogP) is 2.59. The SMILES string of the molecule is Cc1cc(CC(N)=O)c2cc(C(F)(F)F)ccc2n1. The van der Waals surface area contributed by atoms with Crippen molar-refractivity contribution in [1.29, 1.82) is 0 Å². The number of aromatic nitrogens is 1. The first-order valence-electron chi connectivity index (χ1n) is 5.53. The first-order valence-corrected chi connectivity index (χ1v) is 5.53. The summed E-state index contributed by atoms with van der Waals surface area (Å²) in [5, 5.41) is 0.305. The van der Waals surface area contributed by atoms with Crippen LogP contribution in [-0.2, 0) is 17.4 Å². The predicted molar refractivity (Wildman–Crippen MR) is 64.4 cm³/mol. The summed E-state index contributed by atoms with van der Waals surface area (Å²) >= 11 is 0. The molecule has 19 heavy (non-hydrogen) atoms. The number of hydrogen-bond acceptors (Lipinski definition) is 2. The summed E-state index contributed by atoms with van der Waals surface area (Å²) in [6, 6.07) is 4.85. The second-order valence-electron chi connectivity index (χ2n) is 4.30. The fourth-order valence-electron chi connectivity index (χ4n) is 1.95. The Hall–Kier alpha value is -2.11. The summed E-state index contributed by atoms with van der Waals surface area (Å²) in [4.78, 5) is 15.1. The molecule has 2 aromatic rings. The summed E-state index contributed by atoms with van der Waals surface area (Å²) in [6.07, 6.45) is -4.54. The third-order valence-corrected chi connectivity index (χ3v) is 2.71. The maximum atomic E-state index is 12.7. The molecule has 3 nitrogen and oxygen atoms in total. The number of nitrogens with zero attached hydrogens (tertiary/aromatic N) is 1. The largest absolute Gasteiger partial charge is 0.416 e. The fourth-order valence-corrected chi connectivity index (χ4v) is 1.95. The van der Waals surface area contributed by atoms with Crippen molar-refractivity contribution >= 4 is 16.8 Å². The molecule has 2 rings (SSSR count). The van der Waals surface area contributed by atoms with Crippen molar-refractivity contribution in [2.24, 2.45) is 5.73 Å². The lowest BCUT2D eigenvalue weighted by molar-refractivity contribution is -0.137. The number of benzene rings is 1. The van der Waals surface area contributed by atoms with E-state index in [0.717, 1.165) is 12.1 Å². The Kier molecular flexibility index (Phi) is 3.18. The lowest BCUT2D eigenvalue weighted by atomic mass is 10.0. The minimum absolute atomic E-state index is 0.110. The van der Waals surface area contributed by atoms with E-state index in [4.69, 9.17) is 5.73 Å². The van der Waals surface area contributed by atoms with Gasteiger partial charge in [0.05, 0.1) is 17.5 Å². The van der Waals surface area contributed by atoms with Crippen LogP contribution in [0, 0.1) is 6.92 Å². The second-order valence-corrected chi connectivity index (χ2v) is 4.30. The smallest absolute Gasteiger partial charge is 0.369 e. The zero-order valence-electron chi connectivity index (χ0n) is 10.1. The highest BCUT2D eigenvalue weighted by atomic mass is 19.4. The molecule has 0 unspecified atom stereocenters. The van der Waals surface area contributed by atoms with Gasteiger partial charge in [-0.05, 0) is 36.8 Å². The highest BCUT2D eigenvalue weighted by Gasteiger charge is 2.30. The average Bonchev–Trinajstić information content (AvgIpc) is 2.26. The van der Waals surface area contributed by atoms with Crippen molar-refractivity contribution in [2.45, 2.75) is 19.5 Å². The molecule has 0 bridgehead atoms. The summed E-state index contributed by atoms with van der Waals surface area (Å²) in [5.74, 6) is -0.593. The van der Waals surface area contributed by atoms with Gasteiger partial charge in [0.2, 0.25) is 5.91 Å². The minimum Gasteiger partial charge on any atom is -0.369 e. The van der Waals surface area contributed by atoms with Gasteiger partial charge in [-0.3, -0.25) is 9.78 Å². The van der Waals surface area contributed by atoms with Crippen LogP contribution in [0.5, 0.6) is 0 Å². The van der Waals surface area contributed by atoms with Gasteiger partial charge in [0, 0.05) is 11.1 Å². The van der Waals surface area contributed by atoms with Gasteiger partial charge in [-0.15, -0.1) is 0 Å². The van der Waals surface area contributed by atoms with E-state index in [1.807, 2.05) is 0 Å². The molecule has 0 saturated carbocycles. The molecular weight excluding hydrogens is 257 g/mol. The molecule has 1 aromatic carbocycles. The molecule has 2 N–H and O–H groups in total. The van der Waals surface area contributed by atoms with Crippen molar-refractivity contribution in [3.05, 3.63) is 41.1 Å². The number of halogens is 3. The standard InChI is InChI=1S/C13H11F3N2O/c1-7-4-8(5-12(17)19)10-6-9(13(14,15)16)2-3-11(10)18-7/h2-4,6H,5H2,1H3,(H2,17,19). The van der Waals surface area contributed by atoms with E-state index in [1.165, 1.54) is 6.07 Å². The third kappa shape index (κ3) is 2.83. The van der Waals surface area contributed by atoms with E-state index in [1.54, 1.807) is 13.0 Å². The molecule has 6 heteroatoms. The number of aryl methyl sites for hydroxylation is 1. The van der Waals surface area contributed by atoms with Gasteiger partial charge in [0.15, 0.2) is 0 Å². The van der Waals surface area contributed by atoms with Crippen LogP contribution < -0.4 is 5.73 Å². The highest BCUT2D eigenvalue weighted by molar-refractivity contribution is 5.88. The van der Waals surface area contributed by atoms with Crippen molar-refractivity contribution in [3.63, 3.8) is 0 Å². The number of pyridine rings is 1. The number of rotatable bonds is 2. The van der Waals surface area contributed by atoms with Crippen LogP contribution in [0.25, 0.3) is 10.9 Å². The molecule has 1 amide bonds. The molecule has 1 heterocycles. The Bertz CT molecular complexity index is 650. The normalized spacial score (nSPS) is 11.8. The lowest BCUT2D eigenvalue weighted by Gasteiger charge is -2.10. The molecule has 0 fully saturated rings. The first-order chi connectivity index (χ1) is 8.77. The summed E-state index contributed by atoms with van der Waals surface area (Å²) in [6.45, 7) is 1.71. The summed E-state index contributed by atoms with van der Waals surface area (Å²) in [5.41, 5.74) is 5.85. The zero-order valence-corrected chi connectivity index (χ0v) is 10.1. The number of fused-ring (bicyclic) bond motifs is 1. The molecule has 100 valence electrons. The number of amides is 1. The van der Waals surface area contributed by atoms with E-state index in [-0.39, 0.29) is 6.42 Å². The molecule has 0 spiro atoms. The monoisotopic (exact) mass is 268 g/mol. The van der Waals surface area contributed by atoms with E-state index in [0.29, 0.717) is 22.2 Å². The van der Waals surface area contributed by atoms with E-state index in [2.05, 4.69) is 4.98 Å². The van der Waals surface area contributed by atoms with Crippen molar-refractivity contribution in [3.8, 4) is 0 Å². The molecular formula is C13H11F3N2O. The van der Waals surface area contributed by atoms with Crippen LogP contribution in [0.4, 0.5) is 13.2 Å². The number of carbonyl (C=O) groups is 1. The van der Waals surface area contributed by atoms with Crippen molar-refractivity contribution < 1.29 is 18.0 Å². The Labute approximate surface area is 107 Å². The van der Waals surface area contributed by atoms with Crippen LogP contribution >= 0.6 is 0 Å².